The van der Waals surface area contributed by atoms with Gasteiger partial charge in [-0.05, 0) is 37.6 Å². The van der Waals surface area contributed by atoms with Crippen molar-refractivity contribution in [1.82, 2.24) is 10.2 Å². The Hall–Kier alpha value is -2.73. The van der Waals surface area contributed by atoms with Crippen molar-refractivity contribution in [1.29, 1.82) is 0 Å². The maximum absolute atomic E-state index is 12.4. The van der Waals surface area contributed by atoms with E-state index >= 15 is 0 Å². The van der Waals surface area contributed by atoms with Crippen molar-refractivity contribution >= 4 is 5.91 Å². The Labute approximate surface area is 166 Å². The van der Waals surface area contributed by atoms with Crippen LogP contribution in [-0.2, 0) is 4.79 Å². The monoisotopic (exact) mass is 384 g/mol. The molecule has 6 nitrogen and oxygen atoms in total. The highest BCUT2D eigenvalue weighted by atomic mass is 16.5. The number of carbonyl (C=O) groups excluding carboxylic acids is 1. The highest BCUT2D eigenvalue weighted by Crippen LogP contribution is 2.38. The molecular formula is C22H28N2O4. The molecule has 0 radical (unpaired) electrons. The molecule has 0 spiro atoms. The predicted octanol–water partition coefficient (Wildman–Crippen LogP) is 3.04. The average Bonchev–Trinajstić information content (AvgIpc) is 3.19. The molecular weight excluding hydrogens is 356 g/mol. The van der Waals surface area contributed by atoms with Crippen LogP contribution in [0.3, 0.4) is 0 Å². The summed E-state index contributed by atoms with van der Waals surface area (Å²) in [5, 5.41) is 2.94. The van der Waals surface area contributed by atoms with Crippen LogP contribution >= 0.6 is 0 Å². The number of nitrogens with one attached hydrogen (secondary N) is 1. The van der Waals surface area contributed by atoms with E-state index in [9.17, 15) is 4.79 Å². The summed E-state index contributed by atoms with van der Waals surface area (Å²) in [6, 6.07) is 15.6. The molecule has 0 aromatic heterocycles. The Morgan fingerprint density at radius 2 is 1.93 bits per heavy atom. The SMILES string of the molecule is COc1ccc(C2CCCN2CC(=O)NCCOc2ccccc2)c(OC)c1. The number of hydrogen-bond donors (Lipinski definition) is 1. The van der Waals surface area contributed by atoms with Crippen molar-refractivity contribution in [3.8, 4) is 17.2 Å². The molecule has 1 saturated heterocycles. The van der Waals surface area contributed by atoms with Gasteiger partial charge >= 0.3 is 0 Å². The lowest BCUT2D eigenvalue weighted by Crippen LogP contribution is -2.38. The maximum atomic E-state index is 12.4. The molecule has 1 N–H and O–H groups in total. The van der Waals surface area contributed by atoms with Crippen LogP contribution in [0.1, 0.15) is 24.4 Å². The predicted molar refractivity (Wildman–Crippen MR) is 108 cm³/mol. The summed E-state index contributed by atoms with van der Waals surface area (Å²) in [5.41, 5.74) is 1.10. The number of hydrogen-bond acceptors (Lipinski definition) is 5. The van der Waals surface area contributed by atoms with Gasteiger partial charge in [-0.2, -0.15) is 0 Å². The minimum absolute atomic E-state index is 0.0102. The fourth-order valence-electron chi connectivity index (χ4n) is 3.58. The number of methoxy groups -OCH3 is 2. The molecule has 1 amide bonds. The maximum Gasteiger partial charge on any atom is 0.234 e. The molecule has 150 valence electrons. The lowest BCUT2D eigenvalue weighted by Gasteiger charge is -2.25. The van der Waals surface area contributed by atoms with Gasteiger partial charge in [-0.25, -0.2) is 0 Å². The summed E-state index contributed by atoms with van der Waals surface area (Å²) in [7, 11) is 3.30. The summed E-state index contributed by atoms with van der Waals surface area (Å²) >= 11 is 0. The second-order valence-electron chi connectivity index (χ2n) is 6.75. The molecule has 3 rings (SSSR count). The second-order valence-corrected chi connectivity index (χ2v) is 6.75. The first-order chi connectivity index (χ1) is 13.7. The second kappa shape index (κ2) is 9.99. The highest BCUT2D eigenvalue weighted by molar-refractivity contribution is 5.78. The van der Waals surface area contributed by atoms with Crippen molar-refractivity contribution in [3.63, 3.8) is 0 Å². The summed E-state index contributed by atoms with van der Waals surface area (Å²) in [5.74, 6) is 2.38. The molecule has 1 fully saturated rings. The van der Waals surface area contributed by atoms with Gasteiger partial charge in [0.05, 0.1) is 27.3 Å². The molecule has 1 aliphatic heterocycles. The summed E-state index contributed by atoms with van der Waals surface area (Å²) in [6.45, 7) is 2.20. The molecule has 0 bridgehead atoms. The zero-order chi connectivity index (χ0) is 19.8. The molecule has 6 heteroatoms. The van der Waals surface area contributed by atoms with Crippen molar-refractivity contribution < 1.29 is 19.0 Å². The fourth-order valence-corrected chi connectivity index (χ4v) is 3.58. The smallest absolute Gasteiger partial charge is 0.234 e. The van der Waals surface area contributed by atoms with E-state index in [4.69, 9.17) is 14.2 Å². The Bertz CT molecular complexity index is 766. The van der Waals surface area contributed by atoms with Gasteiger partial charge in [-0.15, -0.1) is 0 Å². The molecule has 1 atom stereocenters. The van der Waals surface area contributed by atoms with E-state index in [-0.39, 0.29) is 11.9 Å². The number of amides is 1. The quantitative estimate of drug-likeness (QED) is 0.674. The number of carbonyl (C=O) groups is 1. The first-order valence-corrected chi connectivity index (χ1v) is 9.62. The topological polar surface area (TPSA) is 60.0 Å². The number of para-hydroxylation sites is 1. The van der Waals surface area contributed by atoms with Crippen LogP contribution in [0, 0.1) is 0 Å². The standard InChI is InChI=1S/C22H28N2O4/c1-26-18-10-11-19(21(15-18)27-2)20-9-6-13-24(20)16-22(25)23-12-14-28-17-7-4-3-5-8-17/h3-5,7-8,10-11,15,20H,6,9,12-14,16H2,1-2H3,(H,23,25). The molecule has 0 aliphatic carbocycles. The van der Waals surface area contributed by atoms with E-state index in [0.29, 0.717) is 19.7 Å². The highest BCUT2D eigenvalue weighted by Gasteiger charge is 2.29. The largest absolute Gasteiger partial charge is 0.497 e. The zero-order valence-electron chi connectivity index (χ0n) is 16.5. The molecule has 1 unspecified atom stereocenters. The third kappa shape index (κ3) is 5.16. The van der Waals surface area contributed by atoms with Crippen LogP contribution in [-0.4, -0.2) is 51.3 Å². The Kier molecular flexibility index (Phi) is 7.14. The van der Waals surface area contributed by atoms with Crippen LogP contribution in [0.4, 0.5) is 0 Å². The van der Waals surface area contributed by atoms with Crippen molar-refractivity contribution in [3.05, 3.63) is 54.1 Å². The Morgan fingerprint density at radius 3 is 2.68 bits per heavy atom. The number of benzene rings is 2. The van der Waals surface area contributed by atoms with Gasteiger partial charge in [0.2, 0.25) is 5.91 Å². The summed E-state index contributed by atoms with van der Waals surface area (Å²) in [4.78, 5) is 14.6. The minimum atomic E-state index is 0.0102. The molecule has 1 heterocycles. The van der Waals surface area contributed by atoms with E-state index in [1.807, 2.05) is 48.5 Å². The number of likely N-dealkylation sites (tertiary alicyclic amines) is 1. The first-order valence-electron chi connectivity index (χ1n) is 9.62. The third-order valence-corrected chi connectivity index (χ3v) is 4.95. The van der Waals surface area contributed by atoms with Crippen molar-refractivity contribution in [2.24, 2.45) is 0 Å². The zero-order valence-corrected chi connectivity index (χ0v) is 16.5. The molecule has 2 aromatic carbocycles. The lowest BCUT2D eigenvalue weighted by molar-refractivity contribution is -0.122. The van der Waals surface area contributed by atoms with Crippen LogP contribution in [0.2, 0.25) is 0 Å². The molecule has 28 heavy (non-hydrogen) atoms. The lowest BCUT2D eigenvalue weighted by atomic mass is 10.0. The van der Waals surface area contributed by atoms with E-state index in [0.717, 1.165) is 42.2 Å². The van der Waals surface area contributed by atoms with E-state index in [1.165, 1.54) is 0 Å². The van der Waals surface area contributed by atoms with E-state index in [2.05, 4.69) is 10.2 Å². The average molecular weight is 384 g/mol. The normalized spacial score (nSPS) is 16.6. The Balaban J connectivity index is 1.51. The van der Waals surface area contributed by atoms with Gasteiger partial charge in [-0.1, -0.05) is 24.3 Å². The van der Waals surface area contributed by atoms with Crippen LogP contribution in [0.25, 0.3) is 0 Å². The van der Waals surface area contributed by atoms with E-state index in [1.54, 1.807) is 14.2 Å². The number of rotatable bonds is 9. The Morgan fingerprint density at radius 1 is 1.11 bits per heavy atom. The van der Waals surface area contributed by atoms with Crippen molar-refractivity contribution in [2.45, 2.75) is 18.9 Å². The summed E-state index contributed by atoms with van der Waals surface area (Å²) < 4.78 is 16.4. The first kappa shape index (κ1) is 20.0. The van der Waals surface area contributed by atoms with Gasteiger partial charge in [0, 0.05) is 17.7 Å². The molecule has 0 saturated carbocycles. The number of nitrogens with zero attached hydrogens (tertiary/aromatic N) is 1. The van der Waals surface area contributed by atoms with Crippen LogP contribution < -0.4 is 19.5 Å². The van der Waals surface area contributed by atoms with E-state index < -0.39 is 0 Å². The summed E-state index contributed by atoms with van der Waals surface area (Å²) in [6.07, 6.45) is 2.07. The molecule has 1 aliphatic rings. The van der Waals surface area contributed by atoms with Crippen LogP contribution in [0.5, 0.6) is 17.2 Å². The van der Waals surface area contributed by atoms with Crippen molar-refractivity contribution in [2.75, 3.05) is 40.5 Å². The van der Waals surface area contributed by atoms with Crippen LogP contribution in [0.15, 0.2) is 48.5 Å². The van der Waals surface area contributed by atoms with Gasteiger partial charge in [0.25, 0.3) is 0 Å². The van der Waals surface area contributed by atoms with Gasteiger partial charge in [0.1, 0.15) is 23.9 Å². The third-order valence-electron chi connectivity index (χ3n) is 4.95. The van der Waals surface area contributed by atoms with Gasteiger partial charge < -0.3 is 19.5 Å². The van der Waals surface area contributed by atoms with Gasteiger partial charge in [-0.3, -0.25) is 9.69 Å². The number of ether oxygens (including phenoxy) is 3. The minimum Gasteiger partial charge on any atom is -0.497 e. The van der Waals surface area contributed by atoms with Gasteiger partial charge in [0.15, 0.2) is 0 Å². The fraction of sp³-hybridized carbons (Fsp3) is 0.409. The molecule has 2 aromatic rings.